The molecule has 0 bridgehead atoms. The molecule has 16 heavy (non-hydrogen) atoms. The van der Waals surface area contributed by atoms with E-state index in [-0.39, 0.29) is 0 Å². The molecule has 0 saturated heterocycles. The molecule has 90 valence electrons. The zero-order valence-electron chi connectivity index (χ0n) is 10.1. The highest BCUT2D eigenvalue weighted by atomic mass is 32.2. The van der Waals surface area contributed by atoms with Gasteiger partial charge < -0.3 is 9.88 Å². The lowest BCUT2D eigenvalue weighted by molar-refractivity contribution is 0.374. The number of aromatic nitrogens is 2. The lowest BCUT2D eigenvalue weighted by Gasteiger charge is -2.28. The predicted octanol–water partition coefficient (Wildman–Crippen LogP) is 2.18. The molecule has 2 rings (SSSR count). The molecule has 0 spiro atoms. The fraction of sp³-hybridized carbons (Fsp3) is 0.750. The van der Waals surface area contributed by atoms with Crippen LogP contribution in [0, 0.1) is 0 Å². The summed E-state index contributed by atoms with van der Waals surface area (Å²) in [6.45, 7) is 0.901. The number of nitrogens with one attached hydrogen (secondary N) is 1. The van der Waals surface area contributed by atoms with Gasteiger partial charge in [-0.1, -0.05) is 0 Å². The van der Waals surface area contributed by atoms with Crippen LogP contribution in [0.4, 0.5) is 0 Å². The van der Waals surface area contributed by atoms with Crippen molar-refractivity contribution in [1.29, 1.82) is 0 Å². The Morgan fingerprint density at radius 1 is 1.44 bits per heavy atom. The molecular formula is C12H21N3S. The fourth-order valence-electron chi connectivity index (χ4n) is 2.31. The molecule has 1 fully saturated rings. The van der Waals surface area contributed by atoms with Crippen LogP contribution in [0.15, 0.2) is 12.4 Å². The number of hydrogen-bond acceptors (Lipinski definition) is 3. The summed E-state index contributed by atoms with van der Waals surface area (Å²) in [4.78, 5) is 4.33. The van der Waals surface area contributed by atoms with Crippen LogP contribution in [0.25, 0.3) is 0 Å². The van der Waals surface area contributed by atoms with Gasteiger partial charge in [0.25, 0.3) is 0 Å². The number of aryl methyl sites for hydroxylation is 1. The number of thioether (sulfide) groups is 1. The Hall–Kier alpha value is -0.480. The van der Waals surface area contributed by atoms with Gasteiger partial charge in [-0.15, -0.1) is 0 Å². The largest absolute Gasteiger partial charge is 0.337 e. The van der Waals surface area contributed by atoms with Gasteiger partial charge in [-0.05, 0) is 31.9 Å². The molecule has 1 aromatic rings. The van der Waals surface area contributed by atoms with Gasteiger partial charge >= 0.3 is 0 Å². The van der Waals surface area contributed by atoms with Crippen LogP contribution in [0.3, 0.4) is 0 Å². The van der Waals surface area contributed by atoms with Gasteiger partial charge in [0.15, 0.2) is 0 Å². The highest BCUT2D eigenvalue weighted by Gasteiger charge is 2.19. The Balaban J connectivity index is 1.73. The van der Waals surface area contributed by atoms with Gasteiger partial charge in [0.05, 0.1) is 6.54 Å². The van der Waals surface area contributed by atoms with E-state index in [4.69, 9.17) is 0 Å². The molecule has 1 aromatic heterocycles. The van der Waals surface area contributed by atoms with E-state index in [1.807, 2.05) is 24.2 Å². The van der Waals surface area contributed by atoms with Crippen molar-refractivity contribution in [3.8, 4) is 0 Å². The van der Waals surface area contributed by atoms with E-state index in [2.05, 4.69) is 28.2 Å². The minimum absolute atomic E-state index is 0.695. The minimum Gasteiger partial charge on any atom is -0.337 e. The lowest BCUT2D eigenvalue weighted by Crippen LogP contribution is -2.34. The molecule has 1 aliphatic rings. The maximum Gasteiger partial charge on any atom is 0.122 e. The quantitative estimate of drug-likeness (QED) is 0.873. The van der Waals surface area contributed by atoms with Crippen molar-refractivity contribution in [2.24, 2.45) is 7.05 Å². The van der Waals surface area contributed by atoms with Crippen LogP contribution in [-0.4, -0.2) is 27.1 Å². The predicted molar refractivity (Wildman–Crippen MR) is 69.6 cm³/mol. The van der Waals surface area contributed by atoms with E-state index in [1.165, 1.54) is 25.7 Å². The molecular weight excluding hydrogens is 218 g/mol. The molecule has 1 heterocycles. The van der Waals surface area contributed by atoms with Crippen molar-refractivity contribution in [2.75, 3.05) is 6.26 Å². The standard InChI is InChI=1S/C12H21N3S/c1-15-8-7-13-12(15)9-14-10-3-5-11(16-2)6-4-10/h7-8,10-11,14H,3-6,9H2,1-2H3. The van der Waals surface area contributed by atoms with E-state index in [0.29, 0.717) is 6.04 Å². The second-order valence-electron chi connectivity index (χ2n) is 4.54. The van der Waals surface area contributed by atoms with Crippen molar-refractivity contribution >= 4 is 11.8 Å². The van der Waals surface area contributed by atoms with Crippen molar-refractivity contribution < 1.29 is 0 Å². The maximum atomic E-state index is 4.33. The summed E-state index contributed by atoms with van der Waals surface area (Å²) in [5.74, 6) is 1.13. The Morgan fingerprint density at radius 3 is 2.75 bits per heavy atom. The van der Waals surface area contributed by atoms with Crippen molar-refractivity contribution in [1.82, 2.24) is 14.9 Å². The fourth-order valence-corrected chi connectivity index (χ4v) is 3.05. The first-order chi connectivity index (χ1) is 7.79. The van der Waals surface area contributed by atoms with Crippen LogP contribution < -0.4 is 5.32 Å². The summed E-state index contributed by atoms with van der Waals surface area (Å²) in [6.07, 6.45) is 11.4. The van der Waals surface area contributed by atoms with Gasteiger partial charge in [0, 0.05) is 30.7 Å². The van der Waals surface area contributed by atoms with Crippen LogP contribution in [0.5, 0.6) is 0 Å². The molecule has 0 aliphatic heterocycles. The molecule has 0 amide bonds. The first kappa shape index (κ1) is 12.0. The van der Waals surface area contributed by atoms with E-state index >= 15 is 0 Å². The summed E-state index contributed by atoms with van der Waals surface area (Å²) in [6, 6.07) is 0.695. The summed E-state index contributed by atoms with van der Waals surface area (Å²) in [5.41, 5.74) is 0. The van der Waals surface area contributed by atoms with Crippen LogP contribution >= 0.6 is 11.8 Å². The third-order valence-corrected chi connectivity index (χ3v) is 4.62. The molecule has 1 N–H and O–H groups in total. The number of rotatable bonds is 4. The Kier molecular flexibility index (Phi) is 4.29. The maximum absolute atomic E-state index is 4.33. The molecule has 0 radical (unpaired) electrons. The molecule has 3 nitrogen and oxygen atoms in total. The Morgan fingerprint density at radius 2 is 2.19 bits per heavy atom. The van der Waals surface area contributed by atoms with Gasteiger partial charge in [-0.2, -0.15) is 11.8 Å². The first-order valence-electron chi connectivity index (χ1n) is 6.02. The normalized spacial score (nSPS) is 25.9. The van der Waals surface area contributed by atoms with E-state index in [1.54, 1.807) is 0 Å². The van der Waals surface area contributed by atoms with Crippen molar-refractivity contribution in [2.45, 2.75) is 43.5 Å². The third-order valence-electron chi connectivity index (χ3n) is 3.48. The monoisotopic (exact) mass is 239 g/mol. The topological polar surface area (TPSA) is 29.9 Å². The summed E-state index contributed by atoms with van der Waals surface area (Å²) in [5, 5.41) is 4.51. The van der Waals surface area contributed by atoms with Gasteiger partial charge in [0.1, 0.15) is 5.82 Å². The van der Waals surface area contributed by atoms with E-state index in [9.17, 15) is 0 Å². The van der Waals surface area contributed by atoms with Crippen molar-refractivity contribution in [3.05, 3.63) is 18.2 Å². The van der Waals surface area contributed by atoms with Crippen LogP contribution in [0.2, 0.25) is 0 Å². The molecule has 0 unspecified atom stereocenters. The molecule has 4 heteroatoms. The van der Waals surface area contributed by atoms with Crippen LogP contribution in [-0.2, 0) is 13.6 Å². The van der Waals surface area contributed by atoms with E-state index < -0.39 is 0 Å². The second-order valence-corrected chi connectivity index (χ2v) is 5.68. The number of nitrogens with zero attached hydrogens (tertiary/aromatic N) is 2. The number of hydrogen-bond donors (Lipinski definition) is 1. The SMILES string of the molecule is CSC1CCC(NCc2nccn2C)CC1. The highest BCUT2D eigenvalue weighted by molar-refractivity contribution is 7.99. The average molecular weight is 239 g/mol. The molecule has 0 atom stereocenters. The summed E-state index contributed by atoms with van der Waals surface area (Å²) < 4.78 is 2.08. The first-order valence-corrected chi connectivity index (χ1v) is 7.30. The Labute approximate surface area is 102 Å². The van der Waals surface area contributed by atoms with Crippen LogP contribution in [0.1, 0.15) is 31.5 Å². The third kappa shape index (κ3) is 3.01. The van der Waals surface area contributed by atoms with Gasteiger partial charge in [-0.25, -0.2) is 4.98 Å². The molecule has 1 saturated carbocycles. The van der Waals surface area contributed by atoms with E-state index in [0.717, 1.165) is 17.6 Å². The molecule has 0 aromatic carbocycles. The second kappa shape index (κ2) is 5.73. The highest BCUT2D eigenvalue weighted by Crippen LogP contribution is 2.26. The zero-order valence-corrected chi connectivity index (χ0v) is 11.0. The zero-order chi connectivity index (χ0) is 11.4. The van der Waals surface area contributed by atoms with Crippen molar-refractivity contribution in [3.63, 3.8) is 0 Å². The van der Waals surface area contributed by atoms with Gasteiger partial charge in [0.2, 0.25) is 0 Å². The number of imidazole rings is 1. The average Bonchev–Trinajstić information content (AvgIpc) is 2.73. The Bertz CT molecular complexity index is 316. The molecule has 1 aliphatic carbocycles. The summed E-state index contributed by atoms with van der Waals surface area (Å²) >= 11 is 2.02. The summed E-state index contributed by atoms with van der Waals surface area (Å²) in [7, 11) is 2.05. The lowest BCUT2D eigenvalue weighted by atomic mass is 9.95. The van der Waals surface area contributed by atoms with Gasteiger partial charge in [-0.3, -0.25) is 0 Å². The smallest absolute Gasteiger partial charge is 0.122 e. The minimum atomic E-state index is 0.695.